The van der Waals surface area contributed by atoms with Crippen LogP contribution >= 0.6 is 15.9 Å². The van der Waals surface area contributed by atoms with Gasteiger partial charge in [-0.25, -0.2) is 0 Å². The molecule has 1 unspecified atom stereocenters. The summed E-state index contributed by atoms with van der Waals surface area (Å²) in [6.45, 7) is 2.64. The van der Waals surface area contributed by atoms with Gasteiger partial charge in [0.2, 0.25) is 0 Å². The van der Waals surface area contributed by atoms with Crippen molar-refractivity contribution in [1.82, 2.24) is 0 Å². The van der Waals surface area contributed by atoms with Crippen molar-refractivity contribution in [2.75, 3.05) is 6.61 Å². The van der Waals surface area contributed by atoms with E-state index in [9.17, 15) is 0 Å². The smallest absolute Gasteiger partial charge is 0.119 e. The zero-order chi connectivity index (χ0) is 13.0. The fourth-order valence-corrected chi connectivity index (χ4v) is 2.09. The van der Waals surface area contributed by atoms with Crippen LogP contribution in [0.4, 0.5) is 0 Å². The second-order valence-electron chi connectivity index (χ2n) is 4.03. The van der Waals surface area contributed by atoms with Gasteiger partial charge in [-0.3, -0.25) is 0 Å². The van der Waals surface area contributed by atoms with Gasteiger partial charge >= 0.3 is 0 Å². The standard InChI is InChI=1S/C15H16BrNO/c1-2-18-14-5-3-4-12(10-14)15(17)11-6-8-13(16)9-7-11/h3-10,15H,2,17H2,1H3. The average molecular weight is 306 g/mol. The van der Waals surface area contributed by atoms with Crippen molar-refractivity contribution >= 4 is 15.9 Å². The molecule has 2 aromatic carbocycles. The van der Waals surface area contributed by atoms with Gasteiger partial charge in [-0.1, -0.05) is 40.2 Å². The molecule has 3 heteroatoms. The zero-order valence-electron chi connectivity index (χ0n) is 10.3. The van der Waals surface area contributed by atoms with Crippen molar-refractivity contribution in [2.24, 2.45) is 5.73 Å². The first-order valence-electron chi connectivity index (χ1n) is 5.94. The van der Waals surface area contributed by atoms with Crippen molar-refractivity contribution in [3.8, 4) is 5.75 Å². The monoisotopic (exact) mass is 305 g/mol. The largest absolute Gasteiger partial charge is 0.494 e. The maximum Gasteiger partial charge on any atom is 0.119 e. The summed E-state index contributed by atoms with van der Waals surface area (Å²) >= 11 is 3.42. The fourth-order valence-electron chi connectivity index (χ4n) is 1.83. The van der Waals surface area contributed by atoms with Gasteiger partial charge in [-0.2, -0.15) is 0 Å². The van der Waals surface area contributed by atoms with E-state index < -0.39 is 0 Å². The quantitative estimate of drug-likeness (QED) is 0.930. The highest BCUT2D eigenvalue weighted by Gasteiger charge is 2.09. The van der Waals surface area contributed by atoms with Gasteiger partial charge in [0.1, 0.15) is 5.75 Å². The van der Waals surface area contributed by atoms with Crippen LogP contribution in [0, 0.1) is 0 Å². The molecule has 18 heavy (non-hydrogen) atoms. The third-order valence-corrected chi connectivity index (χ3v) is 3.29. The van der Waals surface area contributed by atoms with E-state index in [2.05, 4.69) is 15.9 Å². The van der Waals surface area contributed by atoms with Crippen molar-refractivity contribution in [2.45, 2.75) is 13.0 Å². The van der Waals surface area contributed by atoms with E-state index in [-0.39, 0.29) is 6.04 Å². The molecule has 0 aliphatic rings. The number of halogens is 1. The third kappa shape index (κ3) is 3.12. The lowest BCUT2D eigenvalue weighted by Gasteiger charge is -2.14. The highest BCUT2D eigenvalue weighted by Crippen LogP contribution is 2.24. The molecule has 2 aromatic rings. The van der Waals surface area contributed by atoms with Crippen molar-refractivity contribution in [1.29, 1.82) is 0 Å². The number of rotatable bonds is 4. The van der Waals surface area contributed by atoms with Gasteiger partial charge in [0.25, 0.3) is 0 Å². The third-order valence-electron chi connectivity index (χ3n) is 2.76. The normalized spacial score (nSPS) is 12.2. The molecule has 2 rings (SSSR count). The summed E-state index contributed by atoms with van der Waals surface area (Å²) in [6, 6.07) is 15.9. The number of hydrogen-bond donors (Lipinski definition) is 1. The van der Waals surface area contributed by atoms with E-state index in [0.29, 0.717) is 6.61 Å². The Hall–Kier alpha value is -1.32. The lowest BCUT2D eigenvalue weighted by atomic mass is 10.00. The lowest BCUT2D eigenvalue weighted by Crippen LogP contribution is -2.11. The average Bonchev–Trinajstić information content (AvgIpc) is 2.39. The van der Waals surface area contributed by atoms with Crippen LogP contribution < -0.4 is 10.5 Å². The first kappa shape index (κ1) is 13.1. The number of benzene rings is 2. The summed E-state index contributed by atoms with van der Waals surface area (Å²) < 4.78 is 6.55. The second kappa shape index (κ2) is 6.03. The van der Waals surface area contributed by atoms with Gasteiger partial charge < -0.3 is 10.5 Å². The van der Waals surface area contributed by atoms with Gasteiger partial charge in [0.05, 0.1) is 12.6 Å². The molecular formula is C15H16BrNO. The highest BCUT2D eigenvalue weighted by molar-refractivity contribution is 9.10. The SMILES string of the molecule is CCOc1cccc(C(N)c2ccc(Br)cc2)c1. The molecule has 2 N–H and O–H groups in total. The Bertz CT molecular complexity index is 510. The number of nitrogens with two attached hydrogens (primary N) is 1. The van der Waals surface area contributed by atoms with Gasteiger partial charge in [0, 0.05) is 4.47 Å². The molecule has 94 valence electrons. The molecule has 0 heterocycles. The van der Waals surface area contributed by atoms with Crippen molar-refractivity contribution in [3.05, 3.63) is 64.1 Å². The minimum absolute atomic E-state index is 0.126. The maximum atomic E-state index is 6.26. The van der Waals surface area contributed by atoms with Crippen LogP contribution in [0.25, 0.3) is 0 Å². The van der Waals surface area contributed by atoms with E-state index in [0.717, 1.165) is 21.3 Å². The van der Waals surface area contributed by atoms with Crippen LogP contribution in [-0.4, -0.2) is 6.61 Å². The summed E-state index contributed by atoms with van der Waals surface area (Å²) in [5.41, 5.74) is 8.41. The van der Waals surface area contributed by atoms with E-state index in [1.807, 2.05) is 55.5 Å². The number of hydrogen-bond acceptors (Lipinski definition) is 2. The molecule has 0 bridgehead atoms. The van der Waals surface area contributed by atoms with Crippen LogP contribution in [0.3, 0.4) is 0 Å². The maximum absolute atomic E-state index is 6.26. The first-order chi connectivity index (χ1) is 8.70. The van der Waals surface area contributed by atoms with Crippen LogP contribution in [0.15, 0.2) is 53.0 Å². The Morgan fingerprint density at radius 1 is 1.11 bits per heavy atom. The Morgan fingerprint density at radius 3 is 2.50 bits per heavy atom. The topological polar surface area (TPSA) is 35.2 Å². The van der Waals surface area contributed by atoms with Gasteiger partial charge in [-0.05, 0) is 42.3 Å². The molecule has 2 nitrogen and oxygen atoms in total. The molecule has 0 saturated heterocycles. The summed E-state index contributed by atoms with van der Waals surface area (Å²) in [5.74, 6) is 0.863. The van der Waals surface area contributed by atoms with E-state index in [1.165, 1.54) is 0 Å². The lowest BCUT2D eigenvalue weighted by molar-refractivity contribution is 0.340. The highest BCUT2D eigenvalue weighted by atomic mass is 79.9. The number of ether oxygens (including phenoxy) is 1. The van der Waals surface area contributed by atoms with Gasteiger partial charge in [0.15, 0.2) is 0 Å². The Balaban J connectivity index is 2.24. The molecule has 1 atom stereocenters. The molecule has 0 spiro atoms. The Kier molecular flexibility index (Phi) is 4.39. The Morgan fingerprint density at radius 2 is 1.83 bits per heavy atom. The predicted octanol–water partition coefficient (Wildman–Crippen LogP) is 3.90. The minimum atomic E-state index is -0.126. The summed E-state index contributed by atoms with van der Waals surface area (Å²) in [6.07, 6.45) is 0. The van der Waals surface area contributed by atoms with Crippen LogP contribution in [-0.2, 0) is 0 Å². The van der Waals surface area contributed by atoms with Crippen LogP contribution in [0.2, 0.25) is 0 Å². The summed E-state index contributed by atoms with van der Waals surface area (Å²) in [5, 5.41) is 0. The molecule has 0 aliphatic carbocycles. The van der Waals surface area contributed by atoms with Crippen molar-refractivity contribution < 1.29 is 4.74 Å². The molecule has 0 aromatic heterocycles. The first-order valence-corrected chi connectivity index (χ1v) is 6.74. The minimum Gasteiger partial charge on any atom is -0.494 e. The predicted molar refractivity (Wildman–Crippen MR) is 77.8 cm³/mol. The molecule has 0 aliphatic heterocycles. The zero-order valence-corrected chi connectivity index (χ0v) is 11.9. The second-order valence-corrected chi connectivity index (χ2v) is 4.95. The molecule has 0 fully saturated rings. The molecular weight excluding hydrogens is 290 g/mol. The fraction of sp³-hybridized carbons (Fsp3) is 0.200. The van der Waals surface area contributed by atoms with Crippen molar-refractivity contribution in [3.63, 3.8) is 0 Å². The van der Waals surface area contributed by atoms with Crippen LogP contribution in [0.1, 0.15) is 24.1 Å². The van der Waals surface area contributed by atoms with E-state index in [1.54, 1.807) is 0 Å². The van der Waals surface area contributed by atoms with E-state index in [4.69, 9.17) is 10.5 Å². The molecule has 0 radical (unpaired) electrons. The van der Waals surface area contributed by atoms with Gasteiger partial charge in [-0.15, -0.1) is 0 Å². The molecule has 0 amide bonds. The van der Waals surface area contributed by atoms with E-state index >= 15 is 0 Å². The van der Waals surface area contributed by atoms with Crippen LogP contribution in [0.5, 0.6) is 5.75 Å². The summed E-state index contributed by atoms with van der Waals surface area (Å²) in [7, 11) is 0. The Labute approximate surface area is 116 Å². The summed E-state index contributed by atoms with van der Waals surface area (Å²) in [4.78, 5) is 0. The molecule has 0 saturated carbocycles.